The summed E-state index contributed by atoms with van der Waals surface area (Å²) in [5.41, 5.74) is 0.989. The predicted octanol–water partition coefficient (Wildman–Crippen LogP) is 2.34. The maximum Gasteiger partial charge on any atom is 0.161 e. The normalized spacial score (nSPS) is 11.9. The lowest BCUT2D eigenvalue weighted by molar-refractivity contribution is 0.0114. The molecule has 0 bridgehead atoms. The molecular weight excluding hydrogens is 306 g/mol. The summed E-state index contributed by atoms with van der Waals surface area (Å²) in [6.45, 7) is 7.44. The summed E-state index contributed by atoms with van der Waals surface area (Å²) in [4.78, 5) is 2.17. The van der Waals surface area contributed by atoms with Crippen molar-refractivity contribution in [2.45, 2.75) is 26.6 Å². The molecule has 1 rings (SSSR count). The van der Waals surface area contributed by atoms with Gasteiger partial charge in [-0.15, -0.1) is 12.4 Å². The molecule has 0 heterocycles. The minimum atomic E-state index is -0.468. The summed E-state index contributed by atoms with van der Waals surface area (Å²) in [6.07, 6.45) is -0.468. The Morgan fingerprint density at radius 2 is 1.73 bits per heavy atom. The topological polar surface area (TPSA) is 51.2 Å². The highest BCUT2D eigenvalue weighted by atomic mass is 35.5. The highest BCUT2D eigenvalue weighted by Gasteiger charge is 2.10. The SMILES string of the molecule is CCN(CC)CC(O)COCc1ccc(OC)c(OC)c1.Cl. The van der Waals surface area contributed by atoms with Gasteiger partial charge in [-0.3, -0.25) is 0 Å². The molecule has 6 heteroatoms. The van der Waals surface area contributed by atoms with E-state index in [9.17, 15) is 5.11 Å². The second kappa shape index (κ2) is 11.5. The van der Waals surface area contributed by atoms with Gasteiger partial charge >= 0.3 is 0 Å². The Balaban J connectivity index is 0.00000441. The van der Waals surface area contributed by atoms with Gasteiger partial charge in [-0.25, -0.2) is 0 Å². The number of halogens is 1. The second-order valence-corrected chi connectivity index (χ2v) is 4.84. The van der Waals surface area contributed by atoms with Gasteiger partial charge in [0.1, 0.15) is 0 Å². The molecule has 0 saturated heterocycles. The summed E-state index contributed by atoms with van der Waals surface area (Å²) in [5.74, 6) is 1.38. The molecule has 0 spiro atoms. The number of hydrogen-bond donors (Lipinski definition) is 1. The second-order valence-electron chi connectivity index (χ2n) is 4.84. The fourth-order valence-electron chi connectivity index (χ4n) is 2.12. The quantitative estimate of drug-likeness (QED) is 0.712. The minimum absolute atomic E-state index is 0. The van der Waals surface area contributed by atoms with E-state index in [-0.39, 0.29) is 12.4 Å². The standard InChI is InChI=1S/C16H27NO4.ClH/c1-5-17(6-2)10-14(18)12-21-11-13-7-8-15(19-3)16(9-13)20-4;/h7-9,14,18H,5-6,10-12H2,1-4H3;1H. The first kappa shape index (κ1) is 21.0. The van der Waals surface area contributed by atoms with Gasteiger partial charge in [0.2, 0.25) is 0 Å². The first-order valence-corrected chi connectivity index (χ1v) is 7.33. The van der Waals surface area contributed by atoms with E-state index >= 15 is 0 Å². The summed E-state index contributed by atoms with van der Waals surface area (Å²) >= 11 is 0. The molecule has 5 nitrogen and oxygen atoms in total. The number of hydrogen-bond acceptors (Lipinski definition) is 5. The average Bonchev–Trinajstić information content (AvgIpc) is 2.52. The summed E-state index contributed by atoms with van der Waals surface area (Å²) < 4.78 is 16.0. The zero-order valence-electron chi connectivity index (χ0n) is 13.9. The van der Waals surface area contributed by atoms with Crippen molar-refractivity contribution in [3.05, 3.63) is 23.8 Å². The maximum absolute atomic E-state index is 9.93. The van der Waals surface area contributed by atoms with Crippen LogP contribution in [0.4, 0.5) is 0 Å². The number of aliphatic hydroxyl groups is 1. The predicted molar refractivity (Wildman–Crippen MR) is 90.2 cm³/mol. The molecule has 0 saturated carbocycles. The molecule has 0 radical (unpaired) electrons. The molecule has 1 aromatic rings. The van der Waals surface area contributed by atoms with Gasteiger partial charge < -0.3 is 24.2 Å². The van der Waals surface area contributed by atoms with Gasteiger partial charge in [0.05, 0.1) is 33.5 Å². The zero-order chi connectivity index (χ0) is 15.7. The van der Waals surface area contributed by atoms with Crippen molar-refractivity contribution in [1.82, 2.24) is 4.90 Å². The van der Waals surface area contributed by atoms with Crippen LogP contribution >= 0.6 is 12.4 Å². The number of ether oxygens (including phenoxy) is 3. The summed E-state index contributed by atoms with van der Waals surface area (Å²) in [7, 11) is 3.22. The van der Waals surface area contributed by atoms with Crippen LogP contribution in [0.15, 0.2) is 18.2 Å². The number of likely N-dealkylation sites (N-methyl/N-ethyl adjacent to an activating group) is 1. The zero-order valence-corrected chi connectivity index (χ0v) is 14.7. The van der Waals surface area contributed by atoms with E-state index in [1.54, 1.807) is 14.2 Å². The Bertz CT molecular complexity index is 413. The monoisotopic (exact) mass is 333 g/mol. The van der Waals surface area contributed by atoms with Gasteiger partial charge in [0.25, 0.3) is 0 Å². The molecule has 1 atom stereocenters. The molecule has 22 heavy (non-hydrogen) atoms. The smallest absolute Gasteiger partial charge is 0.161 e. The summed E-state index contributed by atoms with van der Waals surface area (Å²) in [5, 5.41) is 9.93. The van der Waals surface area contributed by atoms with Crippen molar-refractivity contribution in [2.24, 2.45) is 0 Å². The van der Waals surface area contributed by atoms with Crippen LogP contribution in [0.1, 0.15) is 19.4 Å². The Labute approximate surface area is 139 Å². The minimum Gasteiger partial charge on any atom is -0.493 e. The third-order valence-electron chi connectivity index (χ3n) is 3.39. The van der Waals surface area contributed by atoms with E-state index in [0.717, 1.165) is 18.7 Å². The van der Waals surface area contributed by atoms with E-state index in [2.05, 4.69) is 18.7 Å². The molecule has 128 valence electrons. The van der Waals surface area contributed by atoms with Crippen molar-refractivity contribution < 1.29 is 19.3 Å². The third kappa shape index (κ3) is 6.83. The molecule has 0 aliphatic heterocycles. The van der Waals surface area contributed by atoms with E-state index in [1.807, 2.05) is 18.2 Å². The first-order chi connectivity index (χ1) is 10.1. The third-order valence-corrected chi connectivity index (χ3v) is 3.39. The van der Waals surface area contributed by atoms with Crippen LogP contribution in [0.5, 0.6) is 11.5 Å². The molecule has 0 aliphatic carbocycles. The van der Waals surface area contributed by atoms with Crippen molar-refractivity contribution >= 4 is 12.4 Å². The lowest BCUT2D eigenvalue weighted by Crippen LogP contribution is -2.34. The van der Waals surface area contributed by atoms with Crippen LogP contribution in [-0.2, 0) is 11.3 Å². The van der Waals surface area contributed by atoms with Crippen LogP contribution in [0, 0.1) is 0 Å². The molecule has 0 amide bonds. The van der Waals surface area contributed by atoms with Crippen LogP contribution < -0.4 is 9.47 Å². The van der Waals surface area contributed by atoms with Crippen LogP contribution in [0.3, 0.4) is 0 Å². The molecule has 0 aromatic heterocycles. The Kier molecular flexibility index (Phi) is 11.0. The molecule has 0 fully saturated rings. The number of rotatable bonds is 10. The van der Waals surface area contributed by atoms with Crippen molar-refractivity contribution in [1.29, 1.82) is 0 Å². The fourth-order valence-corrected chi connectivity index (χ4v) is 2.12. The number of aliphatic hydroxyl groups excluding tert-OH is 1. The van der Waals surface area contributed by atoms with Gasteiger partial charge in [-0.05, 0) is 30.8 Å². The number of benzene rings is 1. The average molecular weight is 334 g/mol. The first-order valence-electron chi connectivity index (χ1n) is 7.33. The van der Waals surface area contributed by atoms with E-state index in [0.29, 0.717) is 31.3 Å². The van der Waals surface area contributed by atoms with Crippen molar-refractivity contribution in [3.8, 4) is 11.5 Å². The Hall–Kier alpha value is -1.01. The van der Waals surface area contributed by atoms with Gasteiger partial charge in [0, 0.05) is 6.54 Å². The van der Waals surface area contributed by atoms with Crippen LogP contribution in [0.25, 0.3) is 0 Å². The van der Waals surface area contributed by atoms with Crippen molar-refractivity contribution in [3.63, 3.8) is 0 Å². The largest absolute Gasteiger partial charge is 0.493 e. The molecule has 0 aliphatic rings. The molecule has 1 N–H and O–H groups in total. The molecule has 1 unspecified atom stereocenters. The highest BCUT2D eigenvalue weighted by molar-refractivity contribution is 5.85. The summed E-state index contributed by atoms with van der Waals surface area (Å²) in [6, 6.07) is 5.66. The number of nitrogens with zero attached hydrogens (tertiary/aromatic N) is 1. The molecule has 1 aromatic carbocycles. The van der Waals surface area contributed by atoms with E-state index in [1.165, 1.54) is 0 Å². The van der Waals surface area contributed by atoms with Crippen molar-refractivity contribution in [2.75, 3.05) is 40.5 Å². The molecular formula is C16H28ClNO4. The fraction of sp³-hybridized carbons (Fsp3) is 0.625. The highest BCUT2D eigenvalue weighted by Crippen LogP contribution is 2.27. The van der Waals surface area contributed by atoms with Gasteiger partial charge in [0.15, 0.2) is 11.5 Å². The van der Waals surface area contributed by atoms with Gasteiger partial charge in [-0.1, -0.05) is 19.9 Å². The lowest BCUT2D eigenvalue weighted by Gasteiger charge is -2.21. The van der Waals surface area contributed by atoms with E-state index in [4.69, 9.17) is 14.2 Å². The van der Waals surface area contributed by atoms with Gasteiger partial charge in [-0.2, -0.15) is 0 Å². The Morgan fingerprint density at radius 1 is 1.09 bits per heavy atom. The number of methoxy groups -OCH3 is 2. The lowest BCUT2D eigenvalue weighted by atomic mass is 10.2. The van der Waals surface area contributed by atoms with Crippen LogP contribution in [0.2, 0.25) is 0 Å². The van der Waals surface area contributed by atoms with Crippen LogP contribution in [-0.4, -0.2) is 56.6 Å². The van der Waals surface area contributed by atoms with E-state index < -0.39 is 6.10 Å². The maximum atomic E-state index is 9.93. The Morgan fingerprint density at radius 3 is 2.27 bits per heavy atom.